The molecule has 2 aliphatic rings. The number of nitrogens with zero attached hydrogens (tertiary/aromatic N) is 5. The SMILES string of the molecule is CC(C)c1nc(-c2nnc(C3CCN(CC4CCC4)CC3)o2)c2ccccn12. The Kier molecular flexibility index (Phi) is 4.67. The number of fused-ring (bicyclic) bond motifs is 1. The van der Waals surface area contributed by atoms with E-state index in [1.54, 1.807) is 0 Å². The van der Waals surface area contributed by atoms with Crippen molar-refractivity contribution in [2.45, 2.75) is 57.8 Å². The average molecular weight is 380 g/mol. The highest BCUT2D eigenvalue weighted by atomic mass is 16.4. The summed E-state index contributed by atoms with van der Waals surface area (Å²) < 4.78 is 8.27. The molecule has 0 atom stereocenters. The first kappa shape index (κ1) is 17.9. The number of hydrogen-bond acceptors (Lipinski definition) is 5. The molecule has 28 heavy (non-hydrogen) atoms. The molecule has 148 valence electrons. The van der Waals surface area contributed by atoms with E-state index >= 15 is 0 Å². The van der Waals surface area contributed by atoms with Crippen molar-refractivity contribution in [2.24, 2.45) is 5.92 Å². The summed E-state index contributed by atoms with van der Waals surface area (Å²) in [6.07, 6.45) is 8.53. The molecule has 1 aliphatic heterocycles. The van der Waals surface area contributed by atoms with E-state index in [2.05, 4.69) is 45.6 Å². The Hall–Kier alpha value is -2.21. The first-order valence-corrected chi connectivity index (χ1v) is 10.7. The summed E-state index contributed by atoms with van der Waals surface area (Å²) in [5, 5.41) is 8.77. The van der Waals surface area contributed by atoms with Crippen LogP contribution >= 0.6 is 0 Å². The highest BCUT2D eigenvalue weighted by molar-refractivity contribution is 5.72. The van der Waals surface area contributed by atoms with Crippen molar-refractivity contribution < 1.29 is 4.42 Å². The zero-order valence-electron chi connectivity index (χ0n) is 16.8. The summed E-state index contributed by atoms with van der Waals surface area (Å²) in [6.45, 7) is 7.87. The van der Waals surface area contributed by atoms with Crippen molar-refractivity contribution >= 4 is 5.52 Å². The van der Waals surface area contributed by atoms with Crippen molar-refractivity contribution in [3.8, 4) is 11.6 Å². The quantitative estimate of drug-likeness (QED) is 0.654. The Morgan fingerprint density at radius 3 is 2.64 bits per heavy atom. The summed E-state index contributed by atoms with van der Waals surface area (Å²) in [5.41, 5.74) is 1.82. The maximum absolute atomic E-state index is 6.14. The Morgan fingerprint density at radius 2 is 1.93 bits per heavy atom. The molecule has 3 aromatic heterocycles. The lowest BCUT2D eigenvalue weighted by Crippen LogP contribution is -2.38. The van der Waals surface area contributed by atoms with Crippen molar-refractivity contribution in [1.82, 2.24) is 24.5 Å². The molecule has 1 aliphatic carbocycles. The summed E-state index contributed by atoms with van der Waals surface area (Å²) in [5.74, 6) is 3.98. The Bertz CT molecular complexity index is 947. The predicted molar refractivity (Wildman–Crippen MR) is 108 cm³/mol. The molecule has 0 bridgehead atoms. The molecule has 2 fully saturated rings. The molecule has 0 N–H and O–H groups in total. The minimum absolute atomic E-state index is 0.325. The van der Waals surface area contributed by atoms with E-state index in [9.17, 15) is 0 Å². The van der Waals surface area contributed by atoms with Crippen LogP contribution in [0.1, 0.15) is 69.5 Å². The van der Waals surface area contributed by atoms with Crippen LogP contribution in [0.5, 0.6) is 0 Å². The van der Waals surface area contributed by atoms with Crippen molar-refractivity contribution in [3.05, 3.63) is 36.1 Å². The third-order valence-electron chi connectivity index (χ3n) is 6.41. The second-order valence-electron chi connectivity index (χ2n) is 8.75. The number of hydrogen-bond donors (Lipinski definition) is 0. The van der Waals surface area contributed by atoms with E-state index in [4.69, 9.17) is 9.40 Å². The monoisotopic (exact) mass is 379 g/mol. The normalized spacial score (nSPS) is 19.5. The molecule has 6 nitrogen and oxygen atoms in total. The van der Waals surface area contributed by atoms with Gasteiger partial charge in [0.1, 0.15) is 5.82 Å². The second-order valence-corrected chi connectivity index (χ2v) is 8.75. The van der Waals surface area contributed by atoms with E-state index in [-0.39, 0.29) is 0 Å². The molecule has 0 aromatic carbocycles. The lowest BCUT2D eigenvalue weighted by atomic mass is 9.84. The van der Waals surface area contributed by atoms with Gasteiger partial charge in [-0.2, -0.15) is 0 Å². The van der Waals surface area contributed by atoms with Gasteiger partial charge in [-0.3, -0.25) is 0 Å². The van der Waals surface area contributed by atoms with Crippen LogP contribution in [0.3, 0.4) is 0 Å². The first-order chi connectivity index (χ1) is 13.7. The van der Waals surface area contributed by atoms with Gasteiger partial charge in [-0.15, -0.1) is 10.2 Å². The average Bonchev–Trinajstić information content (AvgIpc) is 3.30. The molecule has 5 rings (SSSR count). The van der Waals surface area contributed by atoms with Gasteiger partial charge >= 0.3 is 0 Å². The van der Waals surface area contributed by atoms with Gasteiger partial charge in [0.2, 0.25) is 5.89 Å². The molecule has 1 saturated carbocycles. The maximum atomic E-state index is 6.14. The van der Waals surface area contributed by atoms with Crippen molar-refractivity contribution in [1.29, 1.82) is 0 Å². The molecule has 6 heteroatoms. The molecular weight excluding hydrogens is 350 g/mol. The predicted octanol–water partition coefficient (Wildman–Crippen LogP) is 4.49. The Labute approximate surface area is 166 Å². The second kappa shape index (κ2) is 7.32. The van der Waals surface area contributed by atoms with Crippen LogP contribution in [0, 0.1) is 5.92 Å². The van der Waals surface area contributed by atoms with Crippen LogP contribution in [0.15, 0.2) is 28.8 Å². The topological polar surface area (TPSA) is 59.5 Å². The van der Waals surface area contributed by atoms with Gasteiger partial charge in [-0.25, -0.2) is 4.98 Å². The van der Waals surface area contributed by atoms with Crippen molar-refractivity contribution in [3.63, 3.8) is 0 Å². The van der Waals surface area contributed by atoms with Crippen LogP contribution in [-0.2, 0) is 0 Å². The molecule has 3 aromatic rings. The molecule has 0 amide bonds. The van der Waals surface area contributed by atoms with E-state index in [1.807, 2.05) is 12.1 Å². The fourth-order valence-electron chi connectivity index (χ4n) is 4.52. The standard InChI is InChI=1S/C22H29N5O/c1-15(2)20-23-19(18-8-3-4-11-27(18)20)22-25-24-21(28-22)17-9-12-26(13-10-17)14-16-6-5-7-16/h3-4,8,11,15-17H,5-7,9-10,12-14H2,1-2H3. The maximum Gasteiger partial charge on any atom is 0.268 e. The molecule has 0 unspecified atom stereocenters. The van der Waals surface area contributed by atoms with Crippen LogP contribution in [0.25, 0.3) is 17.1 Å². The fraction of sp³-hybridized carbons (Fsp3) is 0.591. The summed E-state index contributed by atoms with van der Waals surface area (Å²) in [4.78, 5) is 7.46. The number of rotatable bonds is 5. The lowest BCUT2D eigenvalue weighted by molar-refractivity contribution is 0.141. The van der Waals surface area contributed by atoms with E-state index < -0.39 is 0 Å². The van der Waals surface area contributed by atoms with Crippen molar-refractivity contribution in [2.75, 3.05) is 19.6 Å². The van der Waals surface area contributed by atoms with Crippen LogP contribution in [0.2, 0.25) is 0 Å². The van der Waals surface area contributed by atoms with Crippen LogP contribution in [-0.4, -0.2) is 44.1 Å². The number of aromatic nitrogens is 4. The number of pyridine rings is 1. The fourth-order valence-corrected chi connectivity index (χ4v) is 4.52. The summed E-state index contributed by atoms with van der Waals surface area (Å²) in [7, 11) is 0. The van der Waals surface area contributed by atoms with E-state index in [1.165, 1.54) is 25.8 Å². The van der Waals surface area contributed by atoms with Gasteiger partial charge in [0.15, 0.2) is 5.69 Å². The van der Waals surface area contributed by atoms with Crippen LogP contribution < -0.4 is 0 Å². The third kappa shape index (κ3) is 3.24. The van der Waals surface area contributed by atoms with Crippen LogP contribution in [0.4, 0.5) is 0 Å². The molecule has 0 spiro atoms. The van der Waals surface area contributed by atoms with E-state index in [0.717, 1.165) is 54.8 Å². The first-order valence-electron chi connectivity index (χ1n) is 10.7. The number of likely N-dealkylation sites (tertiary alicyclic amines) is 1. The smallest absolute Gasteiger partial charge is 0.268 e. The number of imidazole rings is 1. The minimum Gasteiger partial charge on any atom is -0.419 e. The van der Waals surface area contributed by atoms with E-state index in [0.29, 0.717) is 17.7 Å². The van der Waals surface area contributed by atoms with Gasteiger partial charge in [0.25, 0.3) is 5.89 Å². The molecule has 1 saturated heterocycles. The minimum atomic E-state index is 0.325. The largest absolute Gasteiger partial charge is 0.419 e. The van der Waals surface area contributed by atoms with Gasteiger partial charge in [0.05, 0.1) is 5.52 Å². The number of piperidine rings is 1. The van der Waals surface area contributed by atoms with Gasteiger partial charge in [-0.1, -0.05) is 26.3 Å². The molecule has 4 heterocycles. The highest BCUT2D eigenvalue weighted by Crippen LogP contribution is 2.33. The molecule has 0 radical (unpaired) electrons. The zero-order chi connectivity index (χ0) is 19.1. The Morgan fingerprint density at radius 1 is 1.11 bits per heavy atom. The zero-order valence-corrected chi connectivity index (χ0v) is 16.8. The van der Waals surface area contributed by atoms with Gasteiger partial charge in [0, 0.05) is 24.6 Å². The van der Waals surface area contributed by atoms with Gasteiger partial charge < -0.3 is 13.7 Å². The lowest BCUT2D eigenvalue weighted by Gasteiger charge is -2.36. The summed E-state index contributed by atoms with van der Waals surface area (Å²) in [6, 6.07) is 6.12. The van der Waals surface area contributed by atoms with Gasteiger partial charge in [-0.05, 0) is 56.8 Å². The third-order valence-corrected chi connectivity index (χ3v) is 6.41. The highest BCUT2D eigenvalue weighted by Gasteiger charge is 2.28. The molecular formula is C22H29N5O. The Balaban J connectivity index is 1.34. The summed E-state index contributed by atoms with van der Waals surface area (Å²) >= 11 is 0.